The standard InChI is InChI=1S/C26H19ClN2O5/c1-32-18-9-7-17(8-10-18)28-26(31)25-24(19-4-2-3-5-22(19)34-25)29-23(30)12-15-14-33-21-11-6-16(27)13-20(15)21/h2-11,13-14H,12H2,1H3,(H,28,31)(H,29,30). The number of carbonyl (C=O) groups is 2. The van der Waals surface area contributed by atoms with Gasteiger partial charge < -0.3 is 24.2 Å². The summed E-state index contributed by atoms with van der Waals surface area (Å²) in [5.41, 5.74) is 2.67. The number of methoxy groups -OCH3 is 1. The number of para-hydroxylation sites is 1. The van der Waals surface area contributed by atoms with Crippen LogP contribution in [0.3, 0.4) is 0 Å². The summed E-state index contributed by atoms with van der Waals surface area (Å²) in [4.78, 5) is 26.0. The molecule has 2 aromatic heterocycles. The Morgan fingerprint density at radius 2 is 1.74 bits per heavy atom. The van der Waals surface area contributed by atoms with Crippen molar-refractivity contribution < 1.29 is 23.2 Å². The third-order valence-corrected chi connectivity index (χ3v) is 5.62. The molecule has 0 aliphatic rings. The minimum absolute atomic E-state index is 0.00506. The number of ether oxygens (including phenoxy) is 1. The molecule has 170 valence electrons. The smallest absolute Gasteiger partial charge is 0.293 e. The predicted molar refractivity (Wildman–Crippen MR) is 131 cm³/mol. The molecule has 0 radical (unpaired) electrons. The molecule has 5 rings (SSSR count). The molecule has 0 fully saturated rings. The molecule has 0 saturated carbocycles. The Morgan fingerprint density at radius 3 is 2.53 bits per heavy atom. The van der Waals surface area contributed by atoms with Crippen LogP contribution in [0.1, 0.15) is 16.1 Å². The van der Waals surface area contributed by atoms with Gasteiger partial charge >= 0.3 is 0 Å². The van der Waals surface area contributed by atoms with Gasteiger partial charge in [-0.25, -0.2) is 0 Å². The number of fused-ring (bicyclic) bond motifs is 2. The fraction of sp³-hybridized carbons (Fsp3) is 0.0769. The summed E-state index contributed by atoms with van der Waals surface area (Å²) in [7, 11) is 1.57. The Hall–Kier alpha value is -4.23. The van der Waals surface area contributed by atoms with Crippen molar-refractivity contribution in [2.75, 3.05) is 17.7 Å². The Balaban J connectivity index is 1.42. The summed E-state index contributed by atoms with van der Waals surface area (Å²) < 4.78 is 16.5. The van der Waals surface area contributed by atoms with Crippen LogP contribution in [0.15, 0.2) is 81.8 Å². The van der Waals surface area contributed by atoms with Crippen LogP contribution in [0.2, 0.25) is 5.02 Å². The second-order valence-electron chi connectivity index (χ2n) is 7.61. The molecular weight excluding hydrogens is 456 g/mol. The number of halogens is 1. The van der Waals surface area contributed by atoms with Crippen molar-refractivity contribution in [2.24, 2.45) is 0 Å². The number of benzene rings is 3. The van der Waals surface area contributed by atoms with E-state index in [1.807, 2.05) is 6.07 Å². The fourth-order valence-corrected chi connectivity index (χ4v) is 3.91. The minimum atomic E-state index is -0.489. The van der Waals surface area contributed by atoms with Gasteiger partial charge in [0.05, 0.1) is 19.8 Å². The van der Waals surface area contributed by atoms with Crippen molar-refractivity contribution in [3.8, 4) is 5.75 Å². The highest BCUT2D eigenvalue weighted by atomic mass is 35.5. The molecule has 0 bridgehead atoms. The highest BCUT2D eigenvalue weighted by Gasteiger charge is 2.23. The molecule has 5 aromatic rings. The van der Waals surface area contributed by atoms with Gasteiger partial charge in [0.15, 0.2) is 0 Å². The number of carbonyl (C=O) groups excluding carboxylic acids is 2. The van der Waals surface area contributed by atoms with Gasteiger partial charge in [-0.3, -0.25) is 9.59 Å². The van der Waals surface area contributed by atoms with Crippen molar-refractivity contribution in [3.63, 3.8) is 0 Å². The van der Waals surface area contributed by atoms with Crippen molar-refractivity contribution in [3.05, 3.63) is 89.3 Å². The molecule has 2 N–H and O–H groups in total. The van der Waals surface area contributed by atoms with Gasteiger partial charge in [0.2, 0.25) is 11.7 Å². The van der Waals surface area contributed by atoms with Crippen LogP contribution in [0, 0.1) is 0 Å². The van der Waals surface area contributed by atoms with Crippen molar-refractivity contribution in [1.82, 2.24) is 0 Å². The zero-order valence-corrected chi connectivity index (χ0v) is 18.8. The van der Waals surface area contributed by atoms with Gasteiger partial charge in [0, 0.05) is 27.0 Å². The zero-order chi connectivity index (χ0) is 23.7. The summed E-state index contributed by atoms with van der Waals surface area (Å²) in [5.74, 6) is -0.141. The van der Waals surface area contributed by atoms with Crippen LogP contribution in [0.4, 0.5) is 11.4 Å². The summed E-state index contributed by atoms with van der Waals surface area (Å²) in [5, 5.41) is 7.57. The van der Waals surface area contributed by atoms with E-state index >= 15 is 0 Å². The van der Waals surface area contributed by atoms with E-state index < -0.39 is 5.91 Å². The molecule has 0 atom stereocenters. The number of hydrogen-bond acceptors (Lipinski definition) is 5. The van der Waals surface area contributed by atoms with Gasteiger partial charge in [-0.05, 0) is 54.6 Å². The van der Waals surface area contributed by atoms with Crippen molar-refractivity contribution in [2.45, 2.75) is 6.42 Å². The van der Waals surface area contributed by atoms with Gasteiger partial charge in [0.25, 0.3) is 5.91 Å². The van der Waals surface area contributed by atoms with E-state index in [4.69, 9.17) is 25.2 Å². The largest absolute Gasteiger partial charge is 0.497 e. The van der Waals surface area contributed by atoms with E-state index in [0.29, 0.717) is 44.3 Å². The van der Waals surface area contributed by atoms with E-state index in [2.05, 4.69) is 10.6 Å². The minimum Gasteiger partial charge on any atom is -0.497 e. The molecule has 3 aromatic carbocycles. The van der Waals surface area contributed by atoms with Crippen LogP contribution in [-0.2, 0) is 11.2 Å². The third-order valence-electron chi connectivity index (χ3n) is 5.38. The average molecular weight is 475 g/mol. The maximum absolute atomic E-state index is 13.1. The molecule has 2 heterocycles. The highest BCUT2D eigenvalue weighted by Crippen LogP contribution is 2.32. The third kappa shape index (κ3) is 4.21. The number of rotatable bonds is 6. The lowest BCUT2D eigenvalue weighted by molar-refractivity contribution is -0.115. The molecule has 0 spiro atoms. The normalized spacial score (nSPS) is 11.0. The summed E-state index contributed by atoms with van der Waals surface area (Å²) in [6.07, 6.45) is 1.57. The first-order valence-corrected chi connectivity index (χ1v) is 10.8. The molecule has 7 nitrogen and oxygen atoms in total. The lowest BCUT2D eigenvalue weighted by Crippen LogP contribution is -2.18. The van der Waals surface area contributed by atoms with Gasteiger partial charge in [0.1, 0.15) is 22.6 Å². The van der Waals surface area contributed by atoms with Crippen LogP contribution < -0.4 is 15.4 Å². The molecule has 0 aliphatic heterocycles. The maximum atomic E-state index is 13.1. The predicted octanol–water partition coefficient (Wildman–Crippen LogP) is 6.27. The molecule has 2 amide bonds. The molecule has 0 saturated heterocycles. The SMILES string of the molecule is COc1ccc(NC(=O)c2oc3ccccc3c2NC(=O)Cc2coc3ccc(Cl)cc23)cc1. The Labute approximate surface area is 199 Å². The summed E-state index contributed by atoms with van der Waals surface area (Å²) >= 11 is 6.10. The monoisotopic (exact) mass is 474 g/mol. The Kier molecular flexibility index (Phi) is 5.69. The van der Waals surface area contributed by atoms with Crippen LogP contribution in [0.25, 0.3) is 21.9 Å². The van der Waals surface area contributed by atoms with Crippen LogP contribution >= 0.6 is 11.6 Å². The first-order valence-electron chi connectivity index (χ1n) is 10.4. The van der Waals surface area contributed by atoms with Gasteiger partial charge in [-0.1, -0.05) is 23.7 Å². The van der Waals surface area contributed by atoms with Crippen LogP contribution in [-0.4, -0.2) is 18.9 Å². The second-order valence-corrected chi connectivity index (χ2v) is 8.05. The molecule has 8 heteroatoms. The highest BCUT2D eigenvalue weighted by molar-refractivity contribution is 6.31. The molecule has 34 heavy (non-hydrogen) atoms. The summed E-state index contributed by atoms with van der Waals surface area (Å²) in [6, 6.07) is 19.3. The number of amides is 2. The van der Waals surface area contributed by atoms with E-state index in [0.717, 1.165) is 5.39 Å². The van der Waals surface area contributed by atoms with Crippen molar-refractivity contribution in [1.29, 1.82) is 0 Å². The molecule has 0 aliphatic carbocycles. The lowest BCUT2D eigenvalue weighted by Gasteiger charge is -2.08. The van der Waals surface area contributed by atoms with Gasteiger partial charge in [-0.15, -0.1) is 0 Å². The summed E-state index contributed by atoms with van der Waals surface area (Å²) in [6.45, 7) is 0. The lowest BCUT2D eigenvalue weighted by atomic mass is 10.1. The van der Waals surface area contributed by atoms with Crippen molar-refractivity contribution >= 4 is 56.7 Å². The van der Waals surface area contributed by atoms with Crippen LogP contribution in [0.5, 0.6) is 5.75 Å². The molecule has 0 unspecified atom stereocenters. The quantitative estimate of drug-likeness (QED) is 0.302. The number of anilines is 2. The maximum Gasteiger partial charge on any atom is 0.293 e. The topological polar surface area (TPSA) is 93.7 Å². The Morgan fingerprint density at radius 1 is 0.941 bits per heavy atom. The second kappa shape index (κ2) is 8.96. The Bertz CT molecular complexity index is 1520. The average Bonchev–Trinajstić information content (AvgIpc) is 3.41. The first kappa shape index (κ1) is 21.6. The van der Waals surface area contributed by atoms with E-state index in [-0.39, 0.29) is 18.1 Å². The van der Waals surface area contributed by atoms with E-state index in [1.54, 1.807) is 67.8 Å². The zero-order valence-electron chi connectivity index (χ0n) is 18.1. The number of hydrogen-bond donors (Lipinski definition) is 2. The number of furan rings is 2. The first-order chi connectivity index (χ1) is 16.5. The van der Waals surface area contributed by atoms with E-state index in [9.17, 15) is 9.59 Å². The van der Waals surface area contributed by atoms with Gasteiger partial charge in [-0.2, -0.15) is 0 Å². The molecular formula is C26H19ClN2O5. The number of nitrogens with one attached hydrogen (secondary N) is 2. The fourth-order valence-electron chi connectivity index (χ4n) is 3.74. The van der Waals surface area contributed by atoms with E-state index in [1.165, 1.54) is 6.26 Å².